The minimum Gasteiger partial charge on any atom is -0.399 e. The number of thioether (sulfide) groups is 1. The van der Waals surface area contributed by atoms with Crippen molar-refractivity contribution in [1.29, 1.82) is 0 Å². The third kappa shape index (κ3) is 3.86. The highest BCUT2D eigenvalue weighted by atomic mass is 32.2. The van der Waals surface area contributed by atoms with Gasteiger partial charge in [-0.1, -0.05) is 18.7 Å². The predicted molar refractivity (Wildman–Crippen MR) is 86.8 cm³/mol. The highest BCUT2D eigenvalue weighted by Gasteiger charge is 2.29. The molecule has 1 fully saturated rings. The molecule has 0 spiro atoms. The molecule has 0 aromatic heterocycles. The lowest BCUT2D eigenvalue weighted by atomic mass is 10.0. The Balaban J connectivity index is 1.89. The first-order chi connectivity index (χ1) is 10.5. The molecule has 1 aromatic rings. The van der Waals surface area contributed by atoms with E-state index in [-0.39, 0.29) is 35.3 Å². The summed E-state index contributed by atoms with van der Waals surface area (Å²) in [4.78, 5) is 36.6. The molecule has 0 saturated carbocycles. The van der Waals surface area contributed by atoms with Gasteiger partial charge in [0.05, 0.1) is 11.8 Å². The first-order valence-electron chi connectivity index (χ1n) is 7.13. The number of carbonyl (C=O) groups excluding carboxylic acids is 3. The molecule has 0 aliphatic carbocycles. The molecule has 7 heteroatoms. The predicted octanol–water partition coefficient (Wildman–Crippen LogP) is 1.52. The van der Waals surface area contributed by atoms with Crippen LogP contribution in [0.25, 0.3) is 0 Å². The van der Waals surface area contributed by atoms with E-state index in [2.05, 4.69) is 5.32 Å². The van der Waals surface area contributed by atoms with Gasteiger partial charge in [0.15, 0.2) is 5.78 Å². The molecule has 2 amide bonds. The average Bonchev–Trinajstić information content (AvgIpc) is 2.83. The zero-order valence-corrected chi connectivity index (χ0v) is 13.2. The number of ketones is 1. The van der Waals surface area contributed by atoms with Crippen LogP contribution in [-0.4, -0.2) is 46.7 Å². The van der Waals surface area contributed by atoms with Gasteiger partial charge in [0.2, 0.25) is 5.91 Å². The van der Waals surface area contributed by atoms with Crippen LogP contribution in [0.5, 0.6) is 0 Å². The summed E-state index contributed by atoms with van der Waals surface area (Å²) in [6.07, 6.45) is 0.625. The number of benzene rings is 1. The number of carbonyl (C=O) groups is 3. The maximum absolute atomic E-state index is 12.4. The van der Waals surface area contributed by atoms with Crippen molar-refractivity contribution in [2.75, 3.05) is 24.6 Å². The lowest BCUT2D eigenvalue weighted by Gasteiger charge is -2.18. The molecule has 0 radical (unpaired) electrons. The van der Waals surface area contributed by atoms with Gasteiger partial charge in [-0.3, -0.25) is 19.3 Å². The van der Waals surface area contributed by atoms with Crippen LogP contribution in [0.2, 0.25) is 0 Å². The fraction of sp³-hybridized carbons (Fsp3) is 0.400. The number of rotatable bonds is 7. The van der Waals surface area contributed by atoms with Crippen molar-refractivity contribution in [3.05, 3.63) is 29.8 Å². The monoisotopic (exact) mass is 321 g/mol. The van der Waals surface area contributed by atoms with E-state index >= 15 is 0 Å². The SMILES string of the molecule is CCC(NCCN1C(=O)CSC1=O)C(=O)c1ccc(N)cc1. The number of anilines is 1. The van der Waals surface area contributed by atoms with Gasteiger partial charge in [0, 0.05) is 24.3 Å². The van der Waals surface area contributed by atoms with Crippen LogP contribution in [0.15, 0.2) is 24.3 Å². The third-order valence-electron chi connectivity index (χ3n) is 3.49. The largest absolute Gasteiger partial charge is 0.399 e. The first-order valence-corrected chi connectivity index (χ1v) is 8.11. The third-order valence-corrected chi connectivity index (χ3v) is 4.35. The molecular weight excluding hydrogens is 302 g/mol. The van der Waals surface area contributed by atoms with E-state index in [4.69, 9.17) is 5.73 Å². The fourth-order valence-corrected chi connectivity index (χ4v) is 2.97. The molecule has 1 atom stereocenters. The Kier molecular flexibility index (Phi) is 5.57. The molecule has 1 unspecified atom stereocenters. The van der Waals surface area contributed by atoms with Crippen molar-refractivity contribution >= 4 is 34.4 Å². The van der Waals surface area contributed by atoms with Gasteiger partial charge in [-0.25, -0.2) is 0 Å². The van der Waals surface area contributed by atoms with Gasteiger partial charge in [0.1, 0.15) is 0 Å². The van der Waals surface area contributed by atoms with Crippen LogP contribution in [0.3, 0.4) is 0 Å². The molecule has 3 N–H and O–H groups in total. The van der Waals surface area contributed by atoms with E-state index in [0.29, 0.717) is 24.2 Å². The van der Waals surface area contributed by atoms with E-state index in [1.165, 1.54) is 4.90 Å². The topological polar surface area (TPSA) is 92.5 Å². The number of nitrogens with two attached hydrogens (primary N) is 1. The van der Waals surface area contributed by atoms with Crippen LogP contribution in [0.4, 0.5) is 10.5 Å². The molecule has 22 heavy (non-hydrogen) atoms. The van der Waals surface area contributed by atoms with Gasteiger partial charge in [0.25, 0.3) is 5.24 Å². The summed E-state index contributed by atoms with van der Waals surface area (Å²) in [6, 6.07) is 6.44. The van der Waals surface area contributed by atoms with Crippen LogP contribution in [0, 0.1) is 0 Å². The molecule has 1 aromatic carbocycles. The van der Waals surface area contributed by atoms with Gasteiger partial charge >= 0.3 is 0 Å². The van der Waals surface area contributed by atoms with Crippen molar-refractivity contribution in [3.63, 3.8) is 0 Å². The summed E-state index contributed by atoms with van der Waals surface area (Å²) in [5.41, 5.74) is 6.82. The molecule has 6 nitrogen and oxygen atoms in total. The smallest absolute Gasteiger partial charge is 0.288 e. The van der Waals surface area contributed by atoms with Crippen LogP contribution in [-0.2, 0) is 4.79 Å². The van der Waals surface area contributed by atoms with Gasteiger partial charge in [-0.15, -0.1) is 0 Å². The molecule has 1 heterocycles. The second-order valence-corrected chi connectivity index (χ2v) is 5.93. The standard InChI is InChI=1S/C15H19N3O3S/c1-2-12(14(20)10-3-5-11(16)6-4-10)17-7-8-18-13(19)9-22-15(18)21/h3-6,12,17H,2,7-9,16H2,1H3. The number of nitrogens with one attached hydrogen (secondary N) is 1. The van der Waals surface area contributed by atoms with Crippen LogP contribution < -0.4 is 11.1 Å². The highest BCUT2D eigenvalue weighted by Crippen LogP contribution is 2.17. The second kappa shape index (κ2) is 7.42. The quantitative estimate of drug-likeness (QED) is 0.584. The number of amides is 2. The summed E-state index contributed by atoms with van der Waals surface area (Å²) in [6.45, 7) is 2.60. The number of imide groups is 1. The highest BCUT2D eigenvalue weighted by molar-refractivity contribution is 8.14. The van der Waals surface area contributed by atoms with E-state index < -0.39 is 0 Å². The van der Waals surface area contributed by atoms with Gasteiger partial charge in [-0.2, -0.15) is 0 Å². The van der Waals surface area contributed by atoms with Gasteiger partial charge in [-0.05, 0) is 30.7 Å². The molecule has 1 saturated heterocycles. The Bertz CT molecular complexity index is 558. The zero-order valence-electron chi connectivity index (χ0n) is 12.4. The van der Waals surface area contributed by atoms with Crippen molar-refractivity contribution < 1.29 is 14.4 Å². The second-order valence-electron chi connectivity index (χ2n) is 5.00. The summed E-state index contributed by atoms with van der Waals surface area (Å²) in [5, 5.41) is 2.90. The molecule has 2 rings (SSSR count). The zero-order chi connectivity index (χ0) is 16.1. The number of nitrogens with zero attached hydrogens (tertiary/aromatic N) is 1. The Morgan fingerprint density at radius 1 is 1.36 bits per heavy atom. The van der Waals surface area contributed by atoms with E-state index in [1.54, 1.807) is 24.3 Å². The van der Waals surface area contributed by atoms with E-state index in [0.717, 1.165) is 11.8 Å². The maximum Gasteiger partial charge on any atom is 0.288 e. The Labute approximate surface area is 133 Å². The Hall–Kier alpha value is -1.86. The minimum absolute atomic E-state index is 0.0176. The summed E-state index contributed by atoms with van der Waals surface area (Å²) < 4.78 is 0. The molecule has 118 valence electrons. The first kappa shape index (κ1) is 16.5. The summed E-state index contributed by atoms with van der Waals surface area (Å²) in [7, 11) is 0. The number of hydrogen-bond donors (Lipinski definition) is 2. The Morgan fingerprint density at radius 2 is 2.05 bits per heavy atom. The van der Waals surface area contributed by atoms with E-state index in [1.807, 2.05) is 6.92 Å². The summed E-state index contributed by atoms with van der Waals surface area (Å²) >= 11 is 1.01. The minimum atomic E-state index is -0.343. The van der Waals surface area contributed by atoms with Crippen LogP contribution >= 0.6 is 11.8 Å². The molecule has 1 aliphatic rings. The normalized spacial score (nSPS) is 16.1. The number of hydrogen-bond acceptors (Lipinski definition) is 6. The van der Waals surface area contributed by atoms with Crippen molar-refractivity contribution in [1.82, 2.24) is 10.2 Å². The van der Waals surface area contributed by atoms with Crippen molar-refractivity contribution in [3.8, 4) is 0 Å². The Morgan fingerprint density at radius 3 is 2.59 bits per heavy atom. The average molecular weight is 321 g/mol. The van der Waals surface area contributed by atoms with Crippen LogP contribution in [0.1, 0.15) is 23.7 Å². The lowest BCUT2D eigenvalue weighted by molar-refractivity contribution is -0.124. The molecule has 1 aliphatic heterocycles. The molecule has 0 bridgehead atoms. The number of nitrogen functional groups attached to an aromatic ring is 1. The fourth-order valence-electron chi connectivity index (χ4n) is 2.22. The lowest BCUT2D eigenvalue weighted by Crippen LogP contribution is -2.42. The maximum atomic E-state index is 12.4. The van der Waals surface area contributed by atoms with Gasteiger partial charge < -0.3 is 11.1 Å². The van der Waals surface area contributed by atoms with E-state index in [9.17, 15) is 14.4 Å². The van der Waals surface area contributed by atoms with Crippen molar-refractivity contribution in [2.24, 2.45) is 0 Å². The summed E-state index contributed by atoms with van der Waals surface area (Å²) in [5.74, 6) is 0.0195. The van der Waals surface area contributed by atoms with Crippen molar-refractivity contribution in [2.45, 2.75) is 19.4 Å². The number of Topliss-reactive ketones (excluding diaryl/α,β-unsaturated/α-hetero) is 1. The molecular formula is C15H19N3O3S.